The van der Waals surface area contributed by atoms with Crippen LogP contribution in [0.1, 0.15) is 24.0 Å². The molecule has 0 aromatic heterocycles. The zero-order valence-electron chi connectivity index (χ0n) is 16.0. The van der Waals surface area contributed by atoms with Gasteiger partial charge in [-0.05, 0) is 29.7 Å². The third-order valence-corrected chi connectivity index (χ3v) is 6.25. The van der Waals surface area contributed by atoms with Crippen molar-refractivity contribution < 1.29 is 9.59 Å². The fraction of sp³-hybridized carbons (Fsp3) is 0.227. The Kier molecular flexibility index (Phi) is 7.47. The molecule has 0 saturated carbocycles. The number of hydrogen-bond donors (Lipinski definition) is 0. The quantitative estimate of drug-likeness (QED) is 0.446. The number of benzene rings is 2. The first-order chi connectivity index (χ1) is 14.0. The molecular formula is C22H21ClN2O2S2. The van der Waals surface area contributed by atoms with E-state index >= 15 is 0 Å². The van der Waals surface area contributed by atoms with Gasteiger partial charge in [0.2, 0.25) is 5.91 Å². The molecule has 1 heterocycles. The standard InChI is InChI=1S/C22H21ClN2O2S2/c1-24(15-16-8-3-2-4-9-16)20(26)12-7-13-25-21(27)19(29-22(25)28)14-17-10-5-6-11-18(17)23/h2-6,8-11,14H,7,12-13,15H2,1H3/b19-14-. The molecular weight excluding hydrogens is 424 g/mol. The Morgan fingerprint density at radius 1 is 1.17 bits per heavy atom. The molecule has 7 heteroatoms. The first-order valence-electron chi connectivity index (χ1n) is 9.23. The summed E-state index contributed by atoms with van der Waals surface area (Å²) in [7, 11) is 1.79. The molecule has 0 bridgehead atoms. The van der Waals surface area contributed by atoms with Crippen LogP contribution in [-0.4, -0.2) is 39.5 Å². The molecule has 4 nitrogen and oxygen atoms in total. The van der Waals surface area contributed by atoms with Crippen LogP contribution in [0, 0.1) is 0 Å². The van der Waals surface area contributed by atoms with Crippen LogP contribution in [-0.2, 0) is 16.1 Å². The smallest absolute Gasteiger partial charge is 0.266 e. The Morgan fingerprint density at radius 2 is 1.86 bits per heavy atom. The van der Waals surface area contributed by atoms with E-state index in [-0.39, 0.29) is 11.8 Å². The molecule has 3 rings (SSSR count). The van der Waals surface area contributed by atoms with Crippen LogP contribution in [0.25, 0.3) is 6.08 Å². The van der Waals surface area contributed by atoms with Crippen LogP contribution in [0.3, 0.4) is 0 Å². The molecule has 150 valence electrons. The van der Waals surface area contributed by atoms with E-state index in [1.54, 1.807) is 29.0 Å². The summed E-state index contributed by atoms with van der Waals surface area (Å²) in [6.45, 7) is 0.997. The maximum absolute atomic E-state index is 12.7. The number of thioether (sulfide) groups is 1. The van der Waals surface area contributed by atoms with E-state index in [4.69, 9.17) is 23.8 Å². The van der Waals surface area contributed by atoms with Crippen molar-refractivity contribution in [2.24, 2.45) is 0 Å². The summed E-state index contributed by atoms with van der Waals surface area (Å²) in [4.78, 5) is 28.9. The predicted molar refractivity (Wildman–Crippen MR) is 123 cm³/mol. The summed E-state index contributed by atoms with van der Waals surface area (Å²) in [6, 6.07) is 17.2. The SMILES string of the molecule is CN(Cc1ccccc1)C(=O)CCCN1C(=O)/C(=C/c2ccccc2Cl)SC1=S. The van der Waals surface area contributed by atoms with Crippen LogP contribution in [0.15, 0.2) is 59.5 Å². The van der Waals surface area contributed by atoms with Gasteiger partial charge in [-0.2, -0.15) is 0 Å². The van der Waals surface area contributed by atoms with Gasteiger partial charge in [-0.1, -0.05) is 84.1 Å². The number of thiocarbonyl (C=S) groups is 1. The first-order valence-corrected chi connectivity index (χ1v) is 10.8. The van der Waals surface area contributed by atoms with Crippen LogP contribution >= 0.6 is 35.6 Å². The second-order valence-corrected chi connectivity index (χ2v) is 8.78. The summed E-state index contributed by atoms with van der Waals surface area (Å²) < 4.78 is 0.512. The molecule has 29 heavy (non-hydrogen) atoms. The maximum atomic E-state index is 12.7. The van der Waals surface area contributed by atoms with Crippen molar-refractivity contribution in [3.05, 3.63) is 75.7 Å². The largest absolute Gasteiger partial charge is 0.341 e. The fourth-order valence-electron chi connectivity index (χ4n) is 2.95. The van der Waals surface area contributed by atoms with E-state index in [1.165, 1.54) is 11.8 Å². The second-order valence-electron chi connectivity index (χ2n) is 6.69. The highest BCUT2D eigenvalue weighted by molar-refractivity contribution is 8.26. The number of rotatable bonds is 7. The van der Waals surface area contributed by atoms with Crippen LogP contribution in [0.4, 0.5) is 0 Å². The van der Waals surface area contributed by atoms with E-state index in [1.807, 2.05) is 48.5 Å². The second kappa shape index (κ2) is 10.1. The number of nitrogens with zero attached hydrogens (tertiary/aromatic N) is 2. The van der Waals surface area contributed by atoms with Crippen molar-refractivity contribution in [3.63, 3.8) is 0 Å². The van der Waals surface area contributed by atoms with Crippen molar-refractivity contribution >= 4 is 57.8 Å². The zero-order valence-corrected chi connectivity index (χ0v) is 18.4. The van der Waals surface area contributed by atoms with Crippen LogP contribution < -0.4 is 0 Å². The maximum Gasteiger partial charge on any atom is 0.266 e. The lowest BCUT2D eigenvalue weighted by atomic mass is 10.2. The summed E-state index contributed by atoms with van der Waals surface area (Å²) >= 11 is 12.8. The Hall–Kier alpha value is -2.15. The number of halogens is 1. The summed E-state index contributed by atoms with van der Waals surface area (Å²) in [5, 5.41) is 0.588. The molecule has 0 spiro atoms. The van der Waals surface area contributed by atoms with Gasteiger partial charge >= 0.3 is 0 Å². The number of carbonyl (C=O) groups is 2. The van der Waals surface area contributed by atoms with Crippen molar-refractivity contribution in [2.75, 3.05) is 13.6 Å². The molecule has 2 amide bonds. The van der Waals surface area contributed by atoms with E-state index < -0.39 is 0 Å². The van der Waals surface area contributed by atoms with Gasteiger partial charge in [0.05, 0.1) is 4.91 Å². The summed E-state index contributed by atoms with van der Waals surface area (Å²) in [5.41, 5.74) is 1.87. The number of amides is 2. The fourth-order valence-corrected chi connectivity index (χ4v) is 4.44. The van der Waals surface area contributed by atoms with Gasteiger partial charge in [0.15, 0.2) is 0 Å². The molecule has 0 radical (unpaired) electrons. The topological polar surface area (TPSA) is 40.6 Å². The average Bonchev–Trinajstić information content (AvgIpc) is 2.97. The highest BCUT2D eigenvalue weighted by atomic mass is 35.5. The Labute approximate surface area is 185 Å². The van der Waals surface area contributed by atoms with Crippen molar-refractivity contribution in [2.45, 2.75) is 19.4 Å². The van der Waals surface area contributed by atoms with Crippen LogP contribution in [0.5, 0.6) is 0 Å². The van der Waals surface area contributed by atoms with Gasteiger partial charge in [-0.15, -0.1) is 0 Å². The molecule has 0 unspecified atom stereocenters. The van der Waals surface area contributed by atoms with Gasteiger partial charge in [-0.3, -0.25) is 14.5 Å². The van der Waals surface area contributed by atoms with Crippen LogP contribution in [0.2, 0.25) is 5.02 Å². The Morgan fingerprint density at radius 3 is 2.59 bits per heavy atom. The minimum absolute atomic E-state index is 0.0471. The minimum Gasteiger partial charge on any atom is -0.341 e. The van der Waals surface area contributed by atoms with Crippen molar-refractivity contribution in [1.82, 2.24) is 9.80 Å². The molecule has 1 aliphatic rings. The lowest BCUT2D eigenvalue weighted by molar-refractivity contribution is -0.131. The molecule has 2 aromatic rings. The van der Waals surface area contributed by atoms with Gasteiger partial charge in [0.1, 0.15) is 4.32 Å². The van der Waals surface area contributed by atoms with E-state index in [2.05, 4.69) is 0 Å². The first kappa shape index (κ1) is 21.6. The van der Waals surface area contributed by atoms with E-state index in [0.717, 1.165) is 11.1 Å². The molecule has 0 N–H and O–H groups in total. The Balaban J connectivity index is 1.53. The van der Waals surface area contributed by atoms with E-state index in [9.17, 15) is 9.59 Å². The number of hydrogen-bond acceptors (Lipinski definition) is 4. The van der Waals surface area contributed by atoms with E-state index in [0.29, 0.717) is 40.2 Å². The molecule has 0 atom stereocenters. The highest BCUT2D eigenvalue weighted by Gasteiger charge is 2.31. The molecule has 0 aliphatic carbocycles. The predicted octanol–water partition coefficient (Wildman–Crippen LogP) is 4.98. The van der Waals surface area contributed by atoms with Gasteiger partial charge < -0.3 is 4.90 Å². The minimum atomic E-state index is -0.134. The average molecular weight is 445 g/mol. The molecule has 1 aliphatic heterocycles. The normalized spacial score (nSPS) is 15.2. The monoisotopic (exact) mass is 444 g/mol. The lowest BCUT2D eigenvalue weighted by Crippen LogP contribution is -2.31. The van der Waals surface area contributed by atoms with Gasteiger partial charge in [0.25, 0.3) is 5.91 Å². The zero-order chi connectivity index (χ0) is 20.8. The van der Waals surface area contributed by atoms with Gasteiger partial charge in [-0.25, -0.2) is 0 Å². The van der Waals surface area contributed by atoms with Crippen molar-refractivity contribution in [3.8, 4) is 0 Å². The van der Waals surface area contributed by atoms with Crippen molar-refractivity contribution in [1.29, 1.82) is 0 Å². The third kappa shape index (κ3) is 5.69. The summed E-state index contributed by atoms with van der Waals surface area (Å²) in [5.74, 6) is -0.0871. The van der Waals surface area contributed by atoms with Gasteiger partial charge in [0, 0.05) is 31.6 Å². The highest BCUT2D eigenvalue weighted by Crippen LogP contribution is 2.33. The third-order valence-electron chi connectivity index (χ3n) is 4.53. The number of carbonyl (C=O) groups excluding carboxylic acids is 2. The Bertz CT molecular complexity index is 947. The molecule has 1 fully saturated rings. The lowest BCUT2D eigenvalue weighted by Gasteiger charge is -2.19. The molecule has 2 aromatic carbocycles. The summed E-state index contributed by atoms with van der Waals surface area (Å²) in [6.07, 6.45) is 2.69. The molecule has 1 saturated heterocycles.